The number of carbonyl (C=O) groups is 1. The average Bonchev–Trinajstić information content (AvgIpc) is 2.75. The van der Waals surface area contributed by atoms with Crippen molar-refractivity contribution in [3.05, 3.63) is 98.5 Å². The van der Waals surface area contributed by atoms with Crippen molar-refractivity contribution in [3.63, 3.8) is 0 Å². The van der Waals surface area contributed by atoms with Gasteiger partial charge in [-0.25, -0.2) is 0 Å². The second-order valence-corrected chi connectivity index (χ2v) is 8.74. The van der Waals surface area contributed by atoms with Crippen LogP contribution in [0.25, 0.3) is 0 Å². The zero-order chi connectivity index (χ0) is 21.3. The van der Waals surface area contributed by atoms with Gasteiger partial charge < -0.3 is 10.1 Å². The molecule has 3 aromatic carbocycles. The summed E-state index contributed by atoms with van der Waals surface area (Å²) in [5.74, 6) is 1.91. The Kier molecular flexibility index (Phi) is 8.76. The summed E-state index contributed by atoms with van der Waals surface area (Å²) < 4.78 is 5.78. The highest BCUT2D eigenvalue weighted by molar-refractivity contribution is 7.98. The van der Waals surface area contributed by atoms with Gasteiger partial charge >= 0.3 is 0 Å². The van der Waals surface area contributed by atoms with E-state index < -0.39 is 0 Å². The van der Waals surface area contributed by atoms with E-state index in [1.807, 2.05) is 48.5 Å². The minimum atomic E-state index is -0.144. The molecule has 0 aliphatic rings. The van der Waals surface area contributed by atoms with E-state index in [-0.39, 0.29) is 5.91 Å². The molecule has 0 unspecified atom stereocenters. The number of rotatable bonds is 9. The van der Waals surface area contributed by atoms with Crippen LogP contribution in [0.1, 0.15) is 21.5 Å². The van der Waals surface area contributed by atoms with Gasteiger partial charge in [-0.15, -0.1) is 0 Å². The summed E-state index contributed by atoms with van der Waals surface area (Å²) in [5.41, 5.74) is 2.36. The van der Waals surface area contributed by atoms with Crippen molar-refractivity contribution < 1.29 is 9.53 Å². The minimum Gasteiger partial charge on any atom is -0.489 e. The van der Waals surface area contributed by atoms with E-state index in [0.717, 1.165) is 16.9 Å². The summed E-state index contributed by atoms with van der Waals surface area (Å²) in [5, 5.41) is 4.90. The number of hydrogen-bond acceptors (Lipinski definition) is 3. The zero-order valence-corrected chi connectivity index (χ0v) is 19.1. The molecule has 0 radical (unpaired) electrons. The first-order chi connectivity index (χ1) is 14.5. The second-order valence-electron chi connectivity index (χ2n) is 6.42. The molecule has 156 valence electrons. The fraction of sp³-hybridized carbons (Fsp3) is 0.174. The average molecular weight is 481 g/mol. The molecule has 7 heteroatoms. The molecule has 0 aromatic heterocycles. The maximum Gasteiger partial charge on any atom is 0.251 e. The van der Waals surface area contributed by atoms with E-state index >= 15 is 0 Å². The molecule has 0 saturated carbocycles. The smallest absolute Gasteiger partial charge is 0.251 e. The van der Waals surface area contributed by atoms with Crippen molar-refractivity contribution in [3.8, 4) is 5.75 Å². The fourth-order valence-corrected chi connectivity index (χ4v) is 4.47. The lowest BCUT2D eigenvalue weighted by atomic mass is 10.2. The quantitative estimate of drug-likeness (QED) is 0.339. The molecule has 3 rings (SSSR count). The molecule has 0 fully saturated rings. The molecule has 0 bridgehead atoms. The van der Waals surface area contributed by atoms with Gasteiger partial charge in [-0.3, -0.25) is 4.79 Å². The van der Waals surface area contributed by atoms with Crippen LogP contribution < -0.4 is 10.1 Å². The molecule has 0 saturated heterocycles. The summed E-state index contributed by atoms with van der Waals surface area (Å²) in [6.07, 6.45) is 0. The highest BCUT2D eigenvalue weighted by Gasteiger charge is 2.08. The van der Waals surface area contributed by atoms with Gasteiger partial charge in [0.25, 0.3) is 5.91 Å². The van der Waals surface area contributed by atoms with E-state index in [1.165, 1.54) is 0 Å². The number of hydrogen-bond donors (Lipinski definition) is 1. The largest absolute Gasteiger partial charge is 0.489 e. The Bertz CT molecular complexity index is 993. The summed E-state index contributed by atoms with van der Waals surface area (Å²) in [4.78, 5) is 12.4. The van der Waals surface area contributed by atoms with E-state index in [0.29, 0.717) is 45.3 Å². The molecule has 0 aliphatic heterocycles. The Morgan fingerprint density at radius 2 is 1.60 bits per heavy atom. The number of thioether (sulfide) groups is 1. The summed E-state index contributed by atoms with van der Waals surface area (Å²) in [6.45, 7) is 0.877. The predicted octanol–water partition coefficient (Wildman–Crippen LogP) is 6.89. The molecule has 0 spiro atoms. The monoisotopic (exact) mass is 479 g/mol. The molecule has 1 amide bonds. The van der Waals surface area contributed by atoms with E-state index in [4.69, 9.17) is 39.5 Å². The third kappa shape index (κ3) is 6.58. The first-order valence-electron chi connectivity index (χ1n) is 9.29. The van der Waals surface area contributed by atoms with Crippen LogP contribution in [0.5, 0.6) is 5.75 Å². The van der Waals surface area contributed by atoms with Gasteiger partial charge in [-0.2, -0.15) is 11.8 Å². The zero-order valence-electron chi connectivity index (χ0n) is 16.0. The van der Waals surface area contributed by atoms with Crippen LogP contribution in [0.3, 0.4) is 0 Å². The van der Waals surface area contributed by atoms with Crippen molar-refractivity contribution >= 4 is 52.5 Å². The molecular formula is C23H20Cl3NO2S. The Labute approximate surface area is 195 Å². The van der Waals surface area contributed by atoms with Crippen LogP contribution in [-0.4, -0.2) is 18.2 Å². The van der Waals surface area contributed by atoms with Crippen LogP contribution in [0.15, 0.2) is 66.7 Å². The number of carbonyl (C=O) groups excluding carboxylic acids is 1. The Morgan fingerprint density at radius 3 is 2.37 bits per heavy atom. The fourth-order valence-electron chi connectivity index (χ4n) is 2.69. The molecule has 30 heavy (non-hydrogen) atoms. The molecule has 3 nitrogen and oxygen atoms in total. The van der Waals surface area contributed by atoms with Crippen LogP contribution >= 0.6 is 46.6 Å². The Balaban J connectivity index is 1.45. The number of halogens is 3. The van der Waals surface area contributed by atoms with Gasteiger partial charge in [-0.05, 0) is 42.0 Å². The molecule has 0 heterocycles. The number of nitrogens with one attached hydrogen (secondary N) is 1. The van der Waals surface area contributed by atoms with Crippen LogP contribution in [0.4, 0.5) is 0 Å². The van der Waals surface area contributed by atoms with Crippen LogP contribution in [0.2, 0.25) is 15.1 Å². The van der Waals surface area contributed by atoms with E-state index in [1.54, 1.807) is 30.0 Å². The van der Waals surface area contributed by atoms with Gasteiger partial charge in [0.15, 0.2) is 0 Å². The van der Waals surface area contributed by atoms with Crippen molar-refractivity contribution in [2.75, 3.05) is 12.3 Å². The van der Waals surface area contributed by atoms with Gasteiger partial charge in [0, 0.05) is 44.2 Å². The Hall–Kier alpha value is -1.85. The highest BCUT2D eigenvalue weighted by atomic mass is 35.5. The summed E-state index contributed by atoms with van der Waals surface area (Å²) in [7, 11) is 0. The molecular weight excluding hydrogens is 461 g/mol. The topological polar surface area (TPSA) is 38.3 Å². The molecule has 3 aromatic rings. The van der Waals surface area contributed by atoms with Gasteiger partial charge in [0.2, 0.25) is 0 Å². The first kappa shape index (κ1) is 22.8. The lowest BCUT2D eigenvalue weighted by Crippen LogP contribution is -2.25. The molecule has 1 N–H and O–H groups in total. The minimum absolute atomic E-state index is 0.144. The van der Waals surface area contributed by atoms with Crippen molar-refractivity contribution in [2.24, 2.45) is 0 Å². The highest BCUT2D eigenvalue weighted by Crippen LogP contribution is 2.28. The number of benzene rings is 3. The van der Waals surface area contributed by atoms with Gasteiger partial charge in [0.1, 0.15) is 12.4 Å². The standard InChI is InChI=1S/C23H20Cl3NO2S/c24-20-8-2-1-5-17(20)14-29-18-7-3-6-16(13-18)23(28)27-11-12-30-15-19-21(25)9-4-10-22(19)26/h1-10,13H,11-12,14-15H2,(H,27,28). The van der Waals surface area contributed by atoms with Crippen molar-refractivity contribution in [2.45, 2.75) is 12.4 Å². The van der Waals surface area contributed by atoms with Crippen molar-refractivity contribution in [1.82, 2.24) is 5.32 Å². The molecule has 0 aliphatic carbocycles. The number of ether oxygens (including phenoxy) is 1. The maximum atomic E-state index is 12.4. The predicted molar refractivity (Wildman–Crippen MR) is 127 cm³/mol. The molecule has 0 atom stereocenters. The summed E-state index contributed by atoms with van der Waals surface area (Å²) in [6, 6.07) is 20.1. The van der Waals surface area contributed by atoms with Crippen LogP contribution in [0, 0.1) is 0 Å². The number of amides is 1. The third-order valence-corrected chi connectivity index (χ3v) is 6.35. The van der Waals surface area contributed by atoms with E-state index in [9.17, 15) is 4.79 Å². The van der Waals surface area contributed by atoms with Gasteiger partial charge in [0.05, 0.1) is 0 Å². The second kappa shape index (κ2) is 11.5. The van der Waals surface area contributed by atoms with Gasteiger partial charge in [-0.1, -0.05) is 65.1 Å². The normalized spacial score (nSPS) is 10.6. The third-order valence-electron chi connectivity index (χ3n) is 4.29. The maximum absolute atomic E-state index is 12.4. The SMILES string of the molecule is O=C(NCCSCc1c(Cl)cccc1Cl)c1cccc(OCc2ccccc2Cl)c1. The Morgan fingerprint density at radius 1 is 0.900 bits per heavy atom. The van der Waals surface area contributed by atoms with Crippen molar-refractivity contribution in [1.29, 1.82) is 0 Å². The lowest BCUT2D eigenvalue weighted by Gasteiger charge is -2.10. The first-order valence-corrected chi connectivity index (χ1v) is 11.6. The van der Waals surface area contributed by atoms with E-state index in [2.05, 4.69) is 5.32 Å². The lowest BCUT2D eigenvalue weighted by molar-refractivity contribution is 0.0955. The summed E-state index contributed by atoms with van der Waals surface area (Å²) >= 11 is 20.2. The van der Waals surface area contributed by atoms with Crippen LogP contribution in [-0.2, 0) is 12.4 Å².